The van der Waals surface area contributed by atoms with E-state index in [9.17, 15) is 13.6 Å². The number of rotatable bonds is 6. The van der Waals surface area contributed by atoms with Crippen LogP contribution < -0.4 is 5.32 Å². The number of nitrogens with one attached hydrogen (secondary N) is 1. The van der Waals surface area contributed by atoms with Gasteiger partial charge in [-0.15, -0.1) is 0 Å². The van der Waals surface area contributed by atoms with Gasteiger partial charge in [-0.2, -0.15) is 0 Å². The Hall–Kier alpha value is -2.02. The summed E-state index contributed by atoms with van der Waals surface area (Å²) in [4.78, 5) is 17.3. The molecule has 126 valence electrons. The van der Waals surface area contributed by atoms with Gasteiger partial charge in [0.25, 0.3) is 5.91 Å². The van der Waals surface area contributed by atoms with E-state index in [-0.39, 0.29) is 24.3 Å². The van der Waals surface area contributed by atoms with Gasteiger partial charge in [0, 0.05) is 24.1 Å². The zero-order valence-electron chi connectivity index (χ0n) is 13.1. The van der Waals surface area contributed by atoms with E-state index in [4.69, 9.17) is 9.94 Å². The summed E-state index contributed by atoms with van der Waals surface area (Å²) in [6.45, 7) is 3.67. The lowest BCUT2D eigenvalue weighted by atomic mass is 9.94. The van der Waals surface area contributed by atoms with Crippen LogP contribution in [-0.4, -0.2) is 35.0 Å². The molecule has 1 heterocycles. The van der Waals surface area contributed by atoms with E-state index in [2.05, 4.69) is 10.5 Å². The van der Waals surface area contributed by atoms with Gasteiger partial charge in [-0.3, -0.25) is 4.79 Å². The van der Waals surface area contributed by atoms with Crippen molar-refractivity contribution in [1.82, 2.24) is 5.32 Å². The quantitative estimate of drug-likeness (QED) is 0.841. The van der Waals surface area contributed by atoms with Crippen molar-refractivity contribution in [2.24, 2.45) is 5.16 Å². The maximum atomic E-state index is 13.7. The number of carbonyl (C=O) groups excluding carboxylic acids is 1. The van der Waals surface area contributed by atoms with Crippen LogP contribution in [0.2, 0.25) is 0 Å². The monoisotopic (exact) mass is 326 g/mol. The van der Waals surface area contributed by atoms with Crippen LogP contribution in [0.1, 0.15) is 38.7 Å². The van der Waals surface area contributed by atoms with Crippen LogP contribution in [0, 0.1) is 11.6 Å². The van der Waals surface area contributed by atoms with E-state index >= 15 is 0 Å². The Labute approximate surface area is 133 Å². The first kappa shape index (κ1) is 17.3. The fraction of sp³-hybridized carbons (Fsp3) is 0.500. The lowest BCUT2D eigenvalue weighted by molar-refractivity contribution is -0.133. The lowest BCUT2D eigenvalue weighted by Crippen LogP contribution is -2.50. The zero-order valence-corrected chi connectivity index (χ0v) is 13.1. The van der Waals surface area contributed by atoms with Crippen molar-refractivity contribution < 1.29 is 23.5 Å². The number of hydrogen-bond donors (Lipinski definition) is 2. The van der Waals surface area contributed by atoms with Crippen molar-refractivity contribution in [2.75, 3.05) is 6.61 Å². The highest BCUT2D eigenvalue weighted by molar-refractivity contribution is 6.04. The fourth-order valence-electron chi connectivity index (χ4n) is 2.35. The molecular weight excluding hydrogens is 306 g/mol. The molecule has 1 amide bonds. The van der Waals surface area contributed by atoms with E-state index < -0.39 is 29.2 Å². The predicted octanol–water partition coefficient (Wildman–Crippen LogP) is 2.13. The molecule has 0 fully saturated rings. The van der Waals surface area contributed by atoms with Gasteiger partial charge in [0.05, 0.1) is 5.71 Å². The number of benzene rings is 1. The van der Waals surface area contributed by atoms with Gasteiger partial charge in [0.2, 0.25) is 6.10 Å². The van der Waals surface area contributed by atoms with E-state index in [1.807, 2.05) is 13.8 Å². The molecule has 0 spiro atoms. The molecule has 5 nitrogen and oxygen atoms in total. The number of nitrogens with zero attached hydrogens (tertiary/aromatic N) is 1. The van der Waals surface area contributed by atoms with E-state index in [0.717, 1.165) is 18.2 Å². The van der Waals surface area contributed by atoms with Gasteiger partial charge in [0.1, 0.15) is 11.6 Å². The van der Waals surface area contributed by atoms with Crippen LogP contribution in [0.3, 0.4) is 0 Å². The summed E-state index contributed by atoms with van der Waals surface area (Å²) >= 11 is 0. The minimum Gasteiger partial charge on any atom is -0.396 e. The number of oxime groups is 1. The van der Waals surface area contributed by atoms with Gasteiger partial charge >= 0.3 is 0 Å². The normalized spacial score (nSPS) is 19.7. The standard InChI is InChI=1S/C16H20F2N2O3/c1-3-16(2,6-7-21)19-15(22)14-9-13(20-23-14)11-8-10(17)4-5-12(11)18/h4-5,8,14,21H,3,6-7,9H2,1-2H3,(H,19,22). The molecule has 0 saturated carbocycles. The van der Waals surface area contributed by atoms with Crippen LogP contribution in [0.15, 0.2) is 23.4 Å². The number of hydrogen-bond acceptors (Lipinski definition) is 4. The average Bonchev–Trinajstić information content (AvgIpc) is 2.99. The van der Waals surface area contributed by atoms with Crippen molar-refractivity contribution in [3.63, 3.8) is 0 Å². The third-order valence-corrected chi connectivity index (χ3v) is 4.07. The topological polar surface area (TPSA) is 70.9 Å². The first-order valence-electron chi connectivity index (χ1n) is 7.49. The molecule has 7 heteroatoms. The minimum atomic E-state index is -0.891. The number of carbonyl (C=O) groups is 1. The Morgan fingerprint density at radius 3 is 2.91 bits per heavy atom. The predicted molar refractivity (Wildman–Crippen MR) is 80.9 cm³/mol. The molecule has 2 N–H and O–H groups in total. The molecule has 2 rings (SSSR count). The van der Waals surface area contributed by atoms with Gasteiger partial charge in [-0.1, -0.05) is 12.1 Å². The second-order valence-corrected chi connectivity index (χ2v) is 5.84. The fourth-order valence-corrected chi connectivity index (χ4v) is 2.35. The smallest absolute Gasteiger partial charge is 0.264 e. The first-order valence-corrected chi connectivity index (χ1v) is 7.49. The molecule has 23 heavy (non-hydrogen) atoms. The van der Waals surface area contributed by atoms with Crippen LogP contribution in [0.5, 0.6) is 0 Å². The number of aliphatic hydroxyl groups is 1. The molecule has 1 aromatic carbocycles. The molecule has 0 saturated heterocycles. The second kappa shape index (κ2) is 7.04. The Kier molecular flexibility index (Phi) is 5.30. The van der Waals surface area contributed by atoms with E-state index in [0.29, 0.717) is 12.8 Å². The summed E-state index contributed by atoms with van der Waals surface area (Å²) in [7, 11) is 0. The summed E-state index contributed by atoms with van der Waals surface area (Å²) in [6.07, 6.45) is 0.217. The van der Waals surface area contributed by atoms with Crippen LogP contribution >= 0.6 is 0 Å². The molecule has 0 radical (unpaired) electrons. The van der Waals surface area contributed by atoms with Crippen molar-refractivity contribution in [1.29, 1.82) is 0 Å². The molecule has 0 aromatic heterocycles. The highest BCUT2D eigenvalue weighted by Gasteiger charge is 2.34. The SMILES string of the molecule is CCC(C)(CCO)NC(=O)C1CC(c2cc(F)ccc2F)=NO1. The third-order valence-electron chi connectivity index (χ3n) is 4.07. The lowest BCUT2D eigenvalue weighted by Gasteiger charge is -2.29. The van der Waals surface area contributed by atoms with Crippen LogP contribution in [0.4, 0.5) is 8.78 Å². The molecule has 1 aromatic rings. The summed E-state index contributed by atoms with van der Waals surface area (Å²) in [6, 6.07) is 3.05. The van der Waals surface area contributed by atoms with Crippen molar-refractivity contribution >= 4 is 11.6 Å². The molecule has 2 unspecified atom stereocenters. The maximum Gasteiger partial charge on any atom is 0.264 e. The van der Waals surface area contributed by atoms with Crippen LogP contribution in [-0.2, 0) is 9.63 Å². The first-order chi connectivity index (χ1) is 10.9. The Morgan fingerprint density at radius 2 is 2.26 bits per heavy atom. The van der Waals surface area contributed by atoms with Gasteiger partial charge < -0.3 is 15.3 Å². The van der Waals surface area contributed by atoms with Gasteiger partial charge in [-0.05, 0) is 38.0 Å². The van der Waals surface area contributed by atoms with Crippen molar-refractivity contribution in [3.8, 4) is 0 Å². The molecule has 2 atom stereocenters. The average molecular weight is 326 g/mol. The Bertz CT molecular complexity index is 621. The summed E-state index contributed by atoms with van der Waals surface area (Å²) in [5, 5.41) is 15.6. The number of aliphatic hydroxyl groups excluding tert-OH is 1. The summed E-state index contributed by atoms with van der Waals surface area (Å²) in [5.74, 6) is -1.59. The van der Waals surface area contributed by atoms with Gasteiger partial charge in [-0.25, -0.2) is 8.78 Å². The highest BCUT2D eigenvalue weighted by atomic mass is 19.1. The molecule has 0 bridgehead atoms. The van der Waals surface area contributed by atoms with Crippen LogP contribution in [0.25, 0.3) is 0 Å². The molecule has 1 aliphatic heterocycles. The highest BCUT2D eigenvalue weighted by Crippen LogP contribution is 2.21. The third kappa shape index (κ3) is 4.04. The molecule has 0 aliphatic carbocycles. The summed E-state index contributed by atoms with van der Waals surface area (Å²) in [5.41, 5.74) is -0.362. The largest absolute Gasteiger partial charge is 0.396 e. The van der Waals surface area contributed by atoms with Crippen molar-refractivity contribution in [2.45, 2.75) is 44.8 Å². The molecule has 1 aliphatic rings. The zero-order chi connectivity index (χ0) is 17.0. The van der Waals surface area contributed by atoms with E-state index in [1.165, 1.54) is 0 Å². The number of halogens is 2. The Balaban J connectivity index is 2.04. The minimum absolute atomic E-state index is 0.00564. The van der Waals surface area contributed by atoms with Crippen molar-refractivity contribution in [3.05, 3.63) is 35.4 Å². The Morgan fingerprint density at radius 1 is 1.52 bits per heavy atom. The maximum absolute atomic E-state index is 13.7. The van der Waals surface area contributed by atoms with Gasteiger partial charge in [0.15, 0.2) is 0 Å². The molecular formula is C16H20F2N2O3. The number of amides is 1. The second-order valence-electron chi connectivity index (χ2n) is 5.84. The summed E-state index contributed by atoms with van der Waals surface area (Å²) < 4.78 is 27.0. The van der Waals surface area contributed by atoms with E-state index in [1.54, 1.807) is 0 Å².